The Bertz CT molecular complexity index is 1450. The van der Waals surface area contributed by atoms with Gasteiger partial charge in [-0.2, -0.15) is 5.26 Å². The summed E-state index contributed by atoms with van der Waals surface area (Å²) in [5.74, 6) is 0.357. The van der Waals surface area contributed by atoms with Crippen LogP contribution >= 0.6 is 11.8 Å². The predicted octanol–water partition coefficient (Wildman–Crippen LogP) is 6.04. The van der Waals surface area contributed by atoms with Gasteiger partial charge in [0.2, 0.25) is 5.91 Å². The average molecular weight is 539 g/mol. The number of hydrogen-bond donors (Lipinski definition) is 0. The molecule has 0 unspecified atom stereocenters. The molecule has 7 nitrogen and oxygen atoms in total. The van der Waals surface area contributed by atoms with E-state index in [9.17, 15) is 9.59 Å². The van der Waals surface area contributed by atoms with Crippen LogP contribution in [-0.4, -0.2) is 36.4 Å². The summed E-state index contributed by atoms with van der Waals surface area (Å²) in [5.41, 5.74) is 5.66. The van der Waals surface area contributed by atoms with E-state index in [0.29, 0.717) is 10.9 Å². The molecule has 1 heterocycles. The number of aliphatic imine (C=N–C) groups is 1. The lowest BCUT2D eigenvalue weighted by Crippen LogP contribution is -2.35. The van der Waals surface area contributed by atoms with Crippen LogP contribution in [0.1, 0.15) is 28.7 Å². The van der Waals surface area contributed by atoms with E-state index in [-0.39, 0.29) is 36.2 Å². The van der Waals surface area contributed by atoms with Crippen LogP contribution in [0.25, 0.3) is 6.08 Å². The molecule has 1 aliphatic heterocycles. The Morgan fingerprint density at radius 3 is 2.31 bits per heavy atom. The smallest absolute Gasteiger partial charge is 0.283 e. The number of methoxy groups -OCH3 is 1. The lowest BCUT2D eigenvalue weighted by Gasteiger charge is -2.23. The molecule has 0 radical (unpaired) electrons. The zero-order valence-corrected chi connectivity index (χ0v) is 23.3. The van der Waals surface area contributed by atoms with Crippen molar-refractivity contribution in [2.24, 2.45) is 4.99 Å². The molecule has 3 aromatic carbocycles. The first-order valence-corrected chi connectivity index (χ1v) is 13.5. The number of amides is 2. The number of aryl methyl sites for hydroxylation is 3. The highest BCUT2D eigenvalue weighted by molar-refractivity contribution is 8.14. The maximum atomic E-state index is 13.6. The molecule has 0 atom stereocenters. The number of anilines is 2. The molecule has 0 N–H and O–H groups in total. The molecule has 3 aromatic rings. The summed E-state index contributed by atoms with van der Waals surface area (Å²) in [4.78, 5) is 34.8. The van der Waals surface area contributed by atoms with E-state index in [4.69, 9.17) is 10.00 Å². The summed E-state index contributed by atoms with van der Waals surface area (Å²) in [7, 11) is 1.60. The van der Waals surface area contributed by atoms with Gasteiger partial charge in [0.1, 0.15) is 11.4 Å². The first-order valence-electron chi connectivity index (χ1n) is 12.5. The lowest BCUT2D eigenvalue weighted by atomic mass is 10.1. The zero-order chi connectivity index (χ0) is 27.9. The van der Waals surface area contributed by atoms with Crippen molar-refractivity contribution in [2.75, 3.05) is 29.2 Å². The van der Waals surface area contributed by atoms with Gasteiger partial charge in [-0.15, -0.1) is 0 Å². The second-order valence-corrected chi connectivity index (χ2v) is 10.2. The minimum Gasteiger partial charge on any atom is -0.497 e. The first-order chi connectivity index (χ1) is 18.8. The highest BCUT2D eigenvalue weighted by atomic mass is 32.2. The molecular weight excluding hydrogens is 508 g/mol. The van der Waals surface area contributed by atoms with Crippen LogP contribution in [0.4, 0.5) is 11.4 Å². The van der Waals surface area contributed by atoms with Crippen LogP contribution in [0, 0.1) is 32.1 Å². The minimum atomic E-state index is -0.259. The largest absolute Gasteiger partial charge is 0.497 e. The molecule has 39 heavy (non-hydrogen) atoms. The molecular formula is C31H30N4O3S. The number of amidine groups is 1. The van der Waals surface area contributed by atoms with Crippen LogP contribution in [0.3, 0.4) is 0 Å². The van der Waals surface area contributed by atoms with Crippen LogP contribution in [0.5, 0.6) is 5.75 Å². The average Bonchev–Trinajstić information content (AvgIpc) is 3.23. The molecule has 0 saturated carbocycles. The predicted molar refractivity (Wildman–Crippen MR) is 158 cm³/mol. The Labute approximate surface area is 233 Å². The van der Waals surface area contributed by atoms with Crippen molar-refractivity contribution < 1.29 is 14.3 Å². The summed E-state index contributed by atoms with van der Waals surface area (Å²) in [5, 5.41) is 9.57. The van der Waals surface area contributed by atoms with E-state index in [1.807, 2.05) is 87.5 Å². The highest BCUT2D eigenvalue weighted by Gasteiger charge is 2.33. The zero-order valence-electron chi connectivity index (χ0n) is 22.5. The van der Waals surface area contributed by atoms with Gasteiger partial charge < -0.3 is 9.64 Å². The Kier molecular flexibility index (Phi) is 8.84. The van der Waals surface area contributed by atoms with Crippen molar-refractivity contribution in [1.82, 2.24) is 0 Å². The van der Waals surface area contributed by atoms with Gasteiger partial charge in [0, 0.05) is 12.2 Å². The molecule has 0 aliphatic carbocycles. The van der Waals surface area contributed by atoms with Crippen molar-refractivity contribution in [3.63, 3.8) is 0 Å². The topological polar surface area (TPSA) is 86.0 Å². The van der Waals surface area contributed by atoms with E-state index in [1.54, 1.807) is 23.0 Å². The van der Waals surface area contributed by atoms with Gasteiger partial charge >= 0.3 is 0 Å². The lowest BCUT2D eigenvalue weighted by molar-refractivity contribution is -0.116. The van der Waals surface area contributed by atoms with Crippen molar-refractivity contribution in [1.29, 1.82) is 5.26 Å². The van der Waals surface area contributed by atoms with E-state index in [2.05, 4.69) is 11.1 Å². The van der Waals surface area contributed by atoms with Gasteiger partial charge in [-0.1, -0.05) is 47.7 Å². The van der Waals surface area contributed by atoms with Gasteiger partial charge in [-0.3, -0.25) is 14.5 Å². The van der Waals surface area contributed by atoms with E-state index >= 15 is 0 Å². The van der Waals surface area contributed by atoms with Gasteiger partial charge in [-0.25, -0.2) is 4.99 Å². The molecule has 8 heteroatoms. The van der Waals surface area contributed by atoms with Gasteiger partial charge in [0.15, 0.2) is 5.17 Å². The molecule has 1 aliphatic rings. The SMILES string of the molecule is COc1ccc(/C=C2\N=C(SCC(=O)N(CCC#N)c3ccc(C)cc3)N(c3cc(C)cc(C)c3)C2=O)cc1. The third-order valence-electron chi connectivity index (χ3n) is 6.13. The Morgan fingerprint density at radius 1 is 1.03 bits per heavy atom. The summed E-state index contributed by atoms with van der Waals surface area (Å²) in [6, 6.07) is 23.0. The number of nitrogens with zero attached hydrogens (tertiary/aromatic N) is 4. The Morgan fingerprint density at radius 2 is 1.69 bits per heavy atom. The van der Waals surface area contributed by atoms with Crippen LogP contribution in [-0.2, 0) is 9.59 Å². The van der Waals surface area contributed by atoms with E-state index in [0.717, 1.165) is 33.7 Å². The number of nitriles is 1. The highest BCUT2D eigenvalue weighted by Crippen LogP contribution is 2.31. The standard InChI is InChI=1S/C31H30N4O3S/c1-21-6-10-25(11-7-21)34(15-5-14-32)29(36)20-39-31-33-28(19-24-8-12-27(38-4)13-9-24)30(37)35(31)26-17-22(2)16-23(3)18-26/h6-13,16-19H,5,15,20H2,1-4H3/b28-19-. The second kappa shape index (κ2) is 12.5. The number of benzene rings is 3. The van der Waals surface area contributed by atoms with Crippen molar-refractivity contribution in [3.8, 4) is 11.8 Å². The fourth-order valence-corrected chi connectivity index (χ4v) is 5.14. The molecule has 0 aromatic heterocycles. The van der Waals surface area contributed by atoms with Crippen molar-refractivity contribution >= 4 is 46.2 Å². The molecule has 0 fully saturated rings. The van der Waals surface area contributed by atoms with Gasteiger partial charge in [-0.05, 0) is 79.9 Å². The fraction of sp³-hybridized carbons (Fsp3) is 0.226. The van der Waals surface area contributed by atoms with E-state index in [1.165, 1.54) is 11.8 Å². The summed E-state index contributed by atoms with van der Waals surface area (Å²) >= 11 is 1.21. The molecule has 198 valence electrons. The third kappa shape index (κ3) is 6.75. The van der Waals surface area contributed by atoms with Crippen LogP contribution in [0.15, 0.2) is 77.4 Å². The Hall–Kier alpha value is -4.35. The molecule has 4 rings (SSSR count). The number of hydrogen-bond acceptors (Lipinski definition) is 6. The third-order valence-corrected chi connectivity index (χ3v) is 7.06. The fourth-order valence-electron chi connectivity index (χ4n) is 4.25. The second-order valence-electron chi connectivity index (χ2n) is 9.26. The van der Waals surface area contributed by atoms with E-state index < -0.39 is 0 Å². The number of rotatable bonds is 8. The normalized spacial score (nSPS) is 13.8. The van der Waals surface area contributed by atoms with Crippen LogP contribution < -0.4 is 14.5 Å². The molecule has 0 bridgehead atoms. The quantitative estimate of drug-likeness (QED) is 0.326. The maximum absolute atomic E-state index is 13.6. The van der Waals surface area contributed by atoms with Crippen LogP contribution in [0.2, 0.25) is 0 Å². The van der Waals surface area contributed by atoms with Crippen molar-refractivity contribution in [2.45, 2.75) is 27.2 Å². The monoisotopic (exact) mass is 538 g/mol. The van der Waals surface area contributed by atoms with Crippen molar-refractivity contribution in [3.05, 3.63) is 94.7 Å². The summed E-state index contributed by atoms with van der Waals surface area (Å²) in [6.45, 7) is 6.23. The number of carbonyl (C=O) groups is 2. The summed E-state index contributed by atoms with van der Waals surface area (Å²) < 4.78 is 5.23. The summed E-state index contributed by atoms with van der Waals surface area (Å²) in [6.07, 6.45) is 1.95. The number of thioether (sulfide) groups is 1. The molecule has 2 amide bonds. The molecule has 0 saturated heterocycles. The first kappa shape index (κ1) is 27.7. The minimum absolute atomic E-state index is 0.0581. The van der Waals surface area contributed by atoms with Gasteiger partial charge in [0.05, 0.1) is 31.0 Å². The molecule has 0 spiro atoms. The maximum Gasteiger partial charge on any atom is 0.283 e. The number of carbonyl (C=O) groups excluding carboxylic acids is 2. The Balaban J connectivity index is 1.63. The number of ether oxygens (including phenoxy) is 1. The van der Waals surface area contributed by atoms with Gasteiger partial charge in [0.25, 0.3) is 5.91 Å².